The molecule has 2 rings (SSSR count). The number of aromatic nitrogens is 2. The molecular formula is C11H17N3O3. The third-order valence-electron chi connectivity index (χ3n) is 2.85. The Balaban J connectivity index is 2.03. The second kappa shape index (κ2) is 5.29. The van der Waals surface area contributed by atoms with E-state index in [2.05, 4.69) is 5.10 Å². The summed E-state index contributed by atoms with van der Waals surface area (Å²) in [5, 5.41) is 4.31. The molecule has 94 valence electrons. The van der Waals surface area contributed by atoms with Gasteiger partial charge in [-0.3, -0.25) is 14.4 Å². The maximum absolute atomic E-state index is 11.6. The molecule has 0 N–H and O–H groups in total. The summed E-state index contributed by atoms with van der Waals surface area (Å²) in [4.78, 5) is 13.6. The second-order valence-electron chi connectivity index (χ2n) is 4.07. The Hall–Kier alpha value is -1.40. The average Bonchev–Trinajstić information content (AvgIpc) is 2.74. The van der Waals surface area contributed by atoms with Gasteiger partial charge >= 0.3 is 5.97 Å². The molecule has 1 atom stereocenters. The van der Waals surface area contributed by atoms with E-state index in [1.165, 1.54) is 7.11 Å². The molecule has 0 aromatic carbocycles. The summed E-state index contributed by atoms with van der Waals surface area (Å²) in [6.45, 7) is 2.39. The van der Waals surface area contributed by atoms with Gasteiger partial charge in [-0.15, -0.1) is 0 Å². The zero-order valence-corrected chi connectivity index (χ0v) is 10.1. The van der Waals surface area contributed by atoms with E-state index in [4.69, 9.17) is 9.47 Å². The summed E-state index contributed by atoms with van der Waals surface area (Å²) < 4.78 is 11.8. The summed E-state index contributed by atoms with van der Waals surface area (Å²) in [6, 6.07) is 1.62. The van der Waals surface area contributed by atoms with Gasteiger partial charge in [-0.05, 0) is 6.07 Å². The lowest BCUT2D eigenvalue weighted by molar-refractivity contribution is -0.153. The Morgan fingerprint density at radius 2 is 2.53 bits per heavy atom. The number of rotatable bonds is 3. The van der Waals surface area contributed by atoms with Crippen molar-refractivity contribution in [3.05, 3.63) is 18.0 Å². The summed E-state index contributed by atoms with van der Waals surface area (Å²) >= 11 is 0. The highest BCUT2D eigenvalue weighted by molar-refractivity contribution is 5.75. The van der Waals surface area contributed by atoms with Crippen LogP contribution in [0.15, 0.2) is 12.3 Å². The number of carbonyl (C=O) groups is 1. The van der Waals surface area contributed by atoms with Gasteiger partial charge in [0.25, 0.3) is 0 Å². The average molecular weight is 239 g/mol. The van der Waals surface area contributed by atoms with Crippen LogP contribution in [-0.4, -0.2) is 53.6 Å². The molecule has 1 aromatic rings. The zero-order valence-electron chi connectivity index (χ0n) is 10.1. The smallest absolute Gasteiger partial charge is 0.325 e. The Labute approximate surface area is 100 Å². The number of nitrogens with zero attached hydrogens (tertiary/aromatic N) is 3. The molecule has 2 heterocycles. The molecule has 6 nitrogen and oxygen atoms in total. The van der Waals surface area contributed by atoms with E-state index in [9.17, 15) is 4.79 Å². The summed E-state index contributed by atoms with van der Waals surface area (Å²) in [6.07, 6.45) is 1.89. The molecule has 1 unspecified atom stereocenters. The minimum Gasteiger partial charge on any atom is -0.468 e. The summed E-state index contributed by atoms with van der Waals surface area (Å²) in [5.41, 5.74) is 0.948. The Morgan fingerprint density at radius 1 is 1.71 bits per heavy atom. The first-order valence-corrected chi connectivity index (χ1v) is 5.59. The van der Waals surface area contributed by atoms with Gasteiger partial charge in [-0.2, -0.15) is 5.10 Å². The van der Waals surface area contributed by atoms with Gasteiger partial charge < -0.3 is 9.47 Å². The van der Waals surface area contributed by atoms with E-state index in [1.807, 2.05) is 24.2 Å². The van der Waals surface area contributed by atoms with E-state index >= 15 is 0 Å². The highest BCUT2D eigenvalue weighted by atomic mass is 16.5. The van der Waals surface area contributed by atoms with Crippen LogP contribution in [0.2, 0.25) is 0 Å². The van der Waals surface area contributed by atoms with Crippen molar-refractivity contribution in [1.29, 1.82) is 0 Å². The van der Waals surface area contributed by atoms with E-state index in [-0.39, 0.29) is 12.0 Å². The van der Waals surface area contributed by atoms with Crippen LogP contribution in [-0.2, 0) is 27.9 Å². The molecule has 0 saturated carbocycles. The van der Waals surface area contributed by atoms with Crippen LogP contribution in [0.3, 0.4) is 0 Å². The van der Waals surface area contributed by atoms with Crippen molar-refractivity contribution in [2.75, 3.05) is 26.9 Å². The molecule has 1 aromatic heterocycles. The Kier molecular flexibility index (Phi) is 3.75. The highest BCUT2D eigenvalue weighted by Crippen LogP contribution is 2.12. The van der Waals surface area contributed by atoms with Crippen LogP contribution in [0.4, 0.5) is 0 Å². The fraction of sp³-hybridized carbons (Fsp3) is 0.636. The van der Waals surface area contributed by atoms with E-state index in [0.717, 1.165) is 12.2 Å². The zero-order chi connectivity index (χ0) is 12.3. The van der Waals surface area contributed by atoms with Gasteiger partial charge in [0.15, 0.2) is 0 Å². The summed E-state index contributed by atoms with van der Waals surface area (Å²) in [7, 11) is 3.27. The molecule has 1 aliphatic heterocycles. The third kappa shape index (κ3) is 2.83. The number of ether oxygens (including phenoxy) is 2. The van der Waals surface area contributed by atoms with Crippen LogP contribution >= 0.6 is 0 Å². The molecule has 17 heavy (non-hydrogen) atoms. The lowest BCUT2D eigenvalue weighted by atomic mass is 10.2. The Bertz CT molecular complexity index is 391. The first kappa shape index (κ1) is 12.1. The molecule has 0 bridgehead atoms. The summed E-state index contributed by atoms with van der Waals surface area (Å²) in [5.74, 6) is -0.249. The minimum atomic E-state index is -0.323. The first-order chi connectivity index (χ1) is 8.20. The number of methoxy groups -OCH3 is 1. The van der Waals surface area contributed by atoms with Gasteiger partial charge in [0.1, 0.15) is 6.04 Å². The quantitative estimate of drug-likeness (QED) is 0.683. The topological polar surface area (TPSA) is 56.6 Å². The fourth-order valence-electron chi connectivity index (χ4n) is 1.94. The molecule has 0 spiro atoms. The number of hydrogen-bond acceptors (Lipinski definition) is 5. The number of aryl methyl sites for hydroxylation is 1. The van der Waals surface area contributed by atoms with Crippen molar-refractivity contribution in [1.82, 2.24) is 14.7 Å². The maximum atomic E-state index is 11.6. The normalized spacial score (nSPS) is 21.4. The van der Waals surface area contributed by atoms with Crippen LogP contribution in [0.1, 0.15) is 5.69 Å². The maximum Gasteiger partial charge on any atom is 0.325 e. The molecule has 1 saturated heterocycles. The standard InChI is InChI=1S/C11H17N3O3/c1-13-4-3-9(12-13)7-14-5-6-17-8-10(14)11(15)16-2/h3-4,10H,5-8H2,1-2H3. The van der Waals surface area contributed by atoms with Crippen LogP contribution in [0.25, 0.3) is 0 Å². The molecule has 6 heteroatoms. The van der Waals surface area contributed by atoms with Gasteiger partial charge in [0.05, 0.1) is 26.0 Å². The number of carbonyl (C=O) groups excluding carboxylic acids is 1. The van der Waals surface area contributed by atoms with Crippen LogP contribution in [0, 0.1) is 0 Å². The Morgan fingerprint density at radius 3 is 3.18 bits per heavy atom. The van der Waals surface area contributed by atoms with Crippen molar-refractivity contribution in [2.45, 2.75) is 12.6 Å². The largest absolute Gasteiger partial charge is 0.468 e. The van der Waals surface area contributed by atoms with E-state index in [0.29, 0.717) is 19.8 Å². The van der Waals surface area contributed by atoms with Crippen molar-refractivity contribution >= 4 is 5.97 Å². The monoisotopic (exact) mass is 239 g/mol. The van der Waals surface area contributed by atoms with Gasteiger partial charge in [0, 0.05) is 26.3 Å². The van der Waals surface area contributed by atoms with Gasteiger partial charge in [-0.25, -0.2) is 0 Å². The van der Waals surface area contributed by atoms with Crippen molar-refractivity contribution in [2.24, 2.45) is 7.05 Å². The van der Waals surface area contributed by atoms with Gasteiger partial charge in [0.2, 0.25) is 0 Å². The highest BCUT2D eigenvalue weighted by Gasteiger charge is 2.30. The molecule has 1 fully saturated rings. The van der Waals surface area contributed by atoms with Crippen molar-refractivity contribution < 1.29 is 14.3 Å². The molecule has 1 aliphatic rings. The van der Waals surface area contributed by atoms with Crippen molar-refractivity contribution in [3.63, 3.8) is 0 Å². The number of esters is 1. The van der Waals surface area contributed by atoms with E-state index < -0.39 is 0 Å². The third-order valence-corrected chi connectivity index (χ3v) is 2.85. The number of morpholine rings is 1. The van der Waals surface area contributed by atoms with E-state index in [1.54, 1.807) is 4.68 Å². The van der Waals surface area contributed by atoms with Gasteiger partial charge in [-0.1, -0.05) is 0 Å². The molecular weight excluding hydrogens is 222 g/mol. The second-order valence-corrected chi connectivity index (χ2v) is 4.07. The first-order valence-electron chi connectivity index (χ1n) is 5.59. The predicted octanol–water partition coefficient (Wildman–Crippen LogP) is -0.206. The molecule has 0 aliphatic carbocycles. The van der Waals surface area contributed by atoms with Crippen LogP contribution < -0.4 is 0 Å². The fourth-order valence-corrected chi connectivity index (χ4v) is 1.94. The molecule has 0 amide bonds. The lowest BCUT2D eigenvalue weighted by Gasteiger charge is -2.32. The SMILES string of the molecule is COC(=O)C1COCCN1Cc1ccn(C)n1. The van der Waals surface area contributed by atoms with Crippen LogP contribution in [0.5, 0.6) is 0 Å². The molecule has 0 radical (unpaired) electrons. The minimum absolute atomic E-state index is 0.249. The number of hydrogen-bond donors (Lipinski definition) is 0. The lowest BCUT2D eigenvalue weighted by Crippen LogP contribution is -2.49. The van der Waals surface area contributed by atoms with Crippen molar-refractivity contribution in [3.8, 4) is 0 Å². The predicted molar refractivity (Wildman–Crippen MR) is 60.2 cm³/mol.